The van der Waals surface area contributed by atoms with Crippen LogP contribution in [-0.4, -0.2) is 18.1 Å². The number of nitrogens with zero attached hydrogens (tertiary/aromatic N) is 2. The highest BCUT2D eigenvalue weighted by Crippen LogP contribution is 2.26. The molecule has 18 heavy (non-hydrogen) atoms. The van der Waals surface area contributed by atoms with Crippen LogP contribution in [0.25, 0.3) is 0 Å². The summed E-state index contributed by atoms with van der Waals surface area (Å²) >= 11 is 0. The highest BCUT2D eigenvalue weighted by atomic mass is 15.1. The van der Waals surface area contributed by atoms with E-state index in [1.165, 1.54) is 12.1 Å². The van der Waals surface area contributed by atoms with Crippen molar-refractivity contribution in [3.05, 3.63) is 24.0 Å². The molecule has 2 unspecified atom stereocenters. The van der Waals surface area contributed by atoms with Crippen molar-refractivity contribution in [3.63, 3.8) is 0 Å². The van der Waals surface area contributed by atoms with E-state index >= 15 is 0 Å². The van der Waals surface area contributed by atoms with Gasteiger partial charge in [-0.2, -0.15) is 0 Å². The zero-order valence-corrected chi connectivity index (χ0v) is 11.8. The van der Waals surface area contributed by atoms with Crippen LogP contribution < -0.4 is 10.6 Å². The van der Waals surface area contributed by atoms with Crippen molar-refractivity contribution in [2.45, 2.75) is 39.7 Å². The third kappa shape index (κ3) is 3.02. The Morgan fingerprint density at radius 3 is 2.50 bits per heavy atom. The minimum absolute atomic E-state index is 0.0678. The van der Waals surface area contributed by atoms with E-state index in [4.69, 9.17) is 5.73 Å². The number of pyridine rings is 1. The summed E-state index contributed by atoms with van der Waals surface area (Å²) in [5, 5.41) is 0. The minimum Gasteiger partial charge on any atom is -0.370 e. The smallest absolute Gasteiger partial charge is 0.0572 e. The Balaban J connectivity index is 2.09. The van der Waals surface area contributed by atoms with Crippen LogP contribution in [0.5, 0.6) is 0 Å². The van der Waals surface area contributed by atoms with Gasteiger partial charge in [-0.15, -0.1) is 0 Å². The Morgan fingerprint density at radius 2 is 2.00 bits per heavy atom. The van der Waals surface area contributed by atoms with Crippen molar-refractivity contribution in [3.8, 4) is 0 Å². The summed E-state index contributed by atoms with van der Waals surface area (Å²) < 4.78 is 0. The van der Waals surface area contributed by atoms with Gasteiger partial charge in [-0.3, -0.25) is 4.98 Å². The van der Waals surface area contributed by atoms with Crippen LogP contribution in [0.15, 0.2) is 18.3 Å². The Morgan fingerprint density at radius 1 is 1.33 bits per heavy atom. The van der Waals surface area contributed by atoms with Gasteiger partial charge in [0.2, 0.25) is 0 Å². The van der Waals surface area contributed by atoms with E-state index in [9.17, 15) is 0 Å². The lowest BCUT2D eigenvalue weighted by Crippen LogP contribution is -2.38. The molecule has 2 N–H and O–H groups in total. The zero-order chi connectivity index (χ0) is 13.1. The summed E-state index contributed by atoms with van der Waals surface area (Å²) in [5.74, 6) is 1.54. The lowest BCUT2D eigenvalue weighted by molar-refractivity contribution is 0.356. The standard InChI is InChI=1S/C15H25N3/c1-4-14(16)15-6-5-13(8-17-15)18-9-11(2)7-12(3)10-18/h5-6,8,11-12,14H,4,7,9-10,16H2,1-3H3/t11?,12?,14-/m0/s1. The molecular formula is C15H25N3. The van der Waals surface area contributed by atoms with Gasteiger partial charge >= 0.3 is 0 Å². The summed E-state index contributed by atoms with van der Waals surface area (Å²) in [4.78, 5) is 6.96. The van der Waals surface area contributed by atoms with Gasteiger partial charge in [0.1, 0.15) is 0 Å². The lowest BCUT2D eigenvalue weighted by atomic mass is 9.91. The first kappa shape index (κ1) is 13.3. The van der Waals surface area contributed by atoms with E-state index < -0.39 is 0 Å². The molecule has 0 amide bonds. The van der Waals surface area contributed by atoms with Gasteiger partial charge in [-0.1, -0.05) is 20.8 Å². The number of piperidine rings is 1. The highest BCUT2D eigenvalue weighted by Gasteiger charge is 2.22. The predicted octanol–water partition coefficient (Wildman–Crippen LogP) is 2.97. The molecule has 2 rings (SSSR count). The molecular weight excluding hydrogens is 222 g/mol. The van der Waals surface area contributed by atoms with E-state index in [-0.39, 0.29) is 6.04 Å². The van der Waals surface area contributed by atoms with Gasteiger partial charge in [0, 0.05) is 19.1 Å². The fourth-order valence-corrected chi connectivity index (χ4v) is 2.89. The van der Waals surface area contributed by atoms with E-state index in [1.807, 2.05) is 6.20 Å². The number of anilines is 1. The molecule has 1 saturated heterocycles. The second-order valence-corrected chi connectivity index (χ2v) is 5.81. The van der Waals surface area contributed by atoms with Gasteiger partial charge < -0.3 is 10.6 Å². The van der Waals surface area contributed by atoms with Crippen molar-refractivity contribution in [2.75, 3.05) is 18.0 Å². The van der Waals surface area contributed by atoms with Gasteiger partial charge in [-0.25, -0.2) is 0 Å². The van der Waals surface area contributed by atoms with Crippen LogP contribution in [0.2, 0.25) is 0 Å². The van der Waals surface area contributed by atoms with Gasteiger partial charge in [0.15, 0.2) is 0 Å². The van der Waals surface area contributed by atoms with Crippen molar-refractivity contribution in [1.29, 1.82) is 0 Å². The minimum atomic E-state index is 0.0678. The summed E-state index contributed by atoms with van der Waals surface area (Å²) in [6, 6.07) is 4.31. The zero-order valence-electron chi connectivity index (χ0n) is 11.8. The van der Waals surface area contributed by atoms with Crippen LogP contribution in [0.4, 0.5) is 5.69 Å². The lowest BCUT2D eigenvalue weighted by Gasteiger charge is -2.36. The molecule has 0 saturated carbocycles. The molecule has 3 heteroatoms. The SMILES string of the molecule is CC[C@H](N)c1ccc(N2CC(C)CC(C)C2)cn1. The number of rotatable bonds is 3. The molecule has 3 atom stereocenters. The van der Waals surface area contributed by atoms with Gasteiger partial charge in [-0.05, 0) is 36.8 Å². The Labute approximate surface area is 110 Å². The second-order valence-electron chi connectivity index (χ2n) is 5.81. The topological polar surface area (TPSA) is 42.1 Å². The molecule has 0 bridgehead atoms. The molecule has 0 aliphatic carbocycles. The van der Waals surface area contributed by atoms with Crippen molar-refractivity contribution in [2.24, 2.45) is 17.6 Å². The average Bonchev–Trinajstić information content (AvgIpc) is 2.37. The van der Waals surface area contributed by atoms with Gasteiger partial charge in [0.25, 0.3) is 0 Å². The Hall–Kier alpha value is -1.09. The molecule has 1 fully saturated rings. The maximum Gasteiger partial charge on any atom is 0.0572 e. The fraction of sp³-hybridized carbons (Fsp3) is 0.667. The summed E-state index contributed by atoms with van der Waals surface area (Å²) in [5.41, 5.74) is 8.23. The van der Waals surface area contributed by atoms with Crippen LogP contribution >= 0.6 is 0 Å². The monoisotopic (exact) mass is 247 g/mol. The van der Waals surface area contributed by atoms with Crippen LogP contribution in [0.3, 0.4) is 0 Å². The molecule has 0 aromatic carbocycles. The fourth-order valence-electron chi connectivity index (χ4n) is 2.89. The van der Waals surface area contributed by atoms with Crippen molar-refractivity contribution in [1.82, 2.24) is 4.98 Å². The molecule has 0 radical (unpaired) electrons. The van der Waals surface area contributed by atoms with Gasteiger partial charge in [0.05, 0.1) is 17.6 Å². The molecule has 100 valence electrons. The Kier molecular flexibility index (Phi) is 4.23. The van der Waals surface area contributed by atoms with Crippen LogP contribution in [0, 0.1) is 11.8 Å². The van der Waals surface area contributed by atoms with E-state index in [1.54, 1.807) is 0 Å². The molecule has 3 nitrogen and oxygen atoms in total. The molecule has 1 aliphatic heterocycles. The first-order valence-corrected chi connectivity index (χ1v) is 7.06. The first-order valence-electron chi connectivity index (χ1n) is 7.06. The van der Waals surface area contributed by atoms with Crippen molar-refractivity contribution < 1.29 is 0 Å². The molecule has 0 spiro atoms. The Bertz CT molecular complexity index is 364. The van der Waals surface area contributed by atoms with E-state index in [2.05, 4.69) is 42.8 Å². The maximum absolute atomic E-state index is 5.99. The summed E-state index contributed by atoms with van der Waals surface area (Å²) in [6.07, 6.45) is 4.25. The van der Waals surface area contributed by atoms with E-state index in [0.29, 0.717) is 0 Å². The average molecular weight is 247 g/mol. The molecule has 1 aliphatic rings. The second kappa shape index (κ2) is 5.70. The third-order valence-corrected chi connectivity index (χ3v) is 3.82. The van der Waals surface area contributed by atoms with Crippen molar-refractivity contribution >= 4 is 5.69 Å². The molecule has 1 aromatic heterocycles. The quantitative estimate of drug-likeness (QED) is 0.893. The third-order valence-electron chi connectivity index (χ3n) is 3.82. The largest absolute Gasteiger partial charge is 0.370 e. The summed E-state index contributed by atoms with van der Waals surface area (Å²) in [7, 11) is 0. The van der Waals surface area contributed by atoms with Crippen LogP contribution in [0.1, 0.15) is 45.3 Å². The summed E-state index contributed by atoms with van der Waals surface area (Å²) in [6.45, 7) is 9.04. The highest BCUT2D eigenvalue weighted by molar-refractivity contribution is 5.45. The number of hydrogen-bond donors (Lipinski definition) is 1. The first-order chi connectivity index (χ1) is 8.60. The van der Waals surface area contributed by atoms with Crippen LogP contribution in [-0.2, 0) is 0 Å². The predicted molar refractivity (Wildman–Crippen MR) is 76.6 cm³/mol. The molecule has 2 heterocycles. The molecule has 1 aromatic rings. The maximum atomic E-state index is 5.99. The normalized spacial score (nSPS) is 26.1. The number of nitrogens with two attached hydrogens (primary N) is 1. The number of aromatic nitrogens is 1. The number of hydrogen-bond acceptors (Lipinski definition) is 3. The van der Waals surface area contributed by atoms with E-state index in [0.717, 1.165) is 37.0 Å².